The second kappa shape index (κ2) is 5.94. The van der Waals surface area contributed by atoms with Gasteiger partial charge in [0.05, 0.1) is 16.7 Å². The van der Waals surface area contributed by atoms with E-state index < -0.39 is 17.7 Å². The quantitative estimate of drug-likeness (QED) is 0.824. The minimum absolute atomic E-state index is 0.0182. The number of H-pyrrole nitrogens is 1. The van der Waals surface area contributed by atoms with Crippen molar-refractivity contribution in [3.05, 3.63) is 18.0 Å². The summed E-state index contributed by atoms with van der Waals surface area (Å²) in [6.07, 6.45) is -0.654. The summed E-state index contributed by atoms with van der Waals surface area (Å²) in [5.41, 5.74) is 1.55. The fourth-order valence-corrected chi connectivity index (χ4v) is 2.68. The van der Waals surface area contributed by atoms with Gasteiger partial charge in [0.1, 0.15) is 29.8 Å². The molecule has 1 atom stereocenters. The summed E-state index contributed by atoms with van der Waals surface area (Å²) < 4.78 is 11.0. The van der Waals surface area contributed by atoms with Crippen LogP contribution in [0.3, 0.4) is 0 Å². The van der Waals surface area contributed by atoms with Crippen LogP contribution in [0.5, 0.6) is 5.75 Å². The first-order valence-electron chi connectivity index (χ1n) is 8.04. The molecule has 3 rings (SSSR count). The number of alkyl carbamates (subject to hydrolysis) is 1. The lowest BCUT2D eigenvalue weighted by atomic mass is 10.2. The van der Waals surface area contributed by atoms with E-state index in [0.29, 0.717) is 11.4 Å². The van der Waals surface area contributed by atoms with E-state index in [9.17, 15) is 9.59 Å². The Hall–Kier alpha value is -2.77. The Morgan fingerprint density at radius 3 is 2.84 bits per heavy atom. The number of rotatable bonds is 1. The molecule has 1 aliphatic heterocycles. The summed E-state index contributed by atoms with van der Waals surface area (Å²) in [7, 11) is 1.65. The van der Waals surface area contributed by atoms with Crippen LogP contribution in [-0.2, 0) is 9.53 Å². The predicted molar refractivity (Wildman–Crippen MR) is 92.9 cm³/mol. The Balaban J connectivity index is 1.84. The van der Waals surface area contributed by atoms with E-state index in [-0.39, 0.29) is 12.5 Å². The molecule has 1 aliphatic rings. The molecule has 1 aromatic carbocycles. The highest BCUT2D eigenvalue weighted by Crippen LogP contribution is 2.34. The Morgan fingerprint density at radius 1 is 1.44 bits per heavy atom. The van der Waals surface area contributed by atoms with Gasteiger partial charge in [0, 0.05) is 13.1 Å². The molecule has 2 amide bonds. The second-order valence-corrected chi connectivity index (χ2v) is 7.07. The van der Waals surface area contributed by atoms with Gasteiger partial charge < -0.3 is 24.7 Å². The molecule has 0 fully saturated rings. The number of aromatic amines is 1. The summed E-state index contributed by atoms with van der Waals surface area (Å²) in [5.74, 6) is 1.05. The average molecular weight is 346 g/mol. The highest BCUT2D eigenvalue weighted by molar-refractivity contribution is 6.02. The maximum absolute atomic E-state index is 12.7. The van der Waals surface area contributed by atoms with E-state index >= 15 is 0 Å². The molecule has 2 aromatic rings. The number of ether oxygens (including phenoxy) is 2. The zero-order valence-electron chi connectivity index (χ0n) is 15.0. The highest BCUT2D eigenvalue weighted by atomic mass is 16.6. The molecule has 8 nitrogen and oxygen atoms in total. The monoisotopic (exact) mass is 346 g/mol. The zero-order chi connectivity index (χ0) is 18.4. The molecular formula is C17H22N4O4. The topological polar surface area (TPSA) is 96.6 Å². The van der Waals surface area contributed by atoms with E-state index in [2.05, 4.69) is 15.3 Å². The Bertz CT molecular complexity index is 837. The van der Waals surface area contributed by atoms with Gasteiger partial charge in [-0.2, -0.15) is 0 Å². The largest absolute Gasteiger partial charge is 0.489 e. The van der Waals surface area contributed by atoms with E-state index in [1.807, 2.05) is 13.0 Å². The lowest BCUT2D eigenvalue weighted by Crippen LogP contribution is -2.50. The summed E-state index contributed by atoms with van der Waals surface area (Å²) >= 11 is 0. The van der Waals surface area contributed by atoms with Crippen LogP contribution >= 0.6 is 0 Å². The maximum atomic E-state index is 12.7. The zero-order valence-corrected chi connectivity index (χ0v) is 15.0. The number of amides is 2. The second-order valence-electron chi connectivity index (χ2n) is 7.07. The van der Waals surface area contributed by atoms with Crippen LogP contribution in [0, 0.1) is 6.92 Å². The van der Waals surface area contributed by atoms with Gasteiger partial charge in [-0.05, 0) is 33.8 Å². The molecule has 0 bridgehead atoms. The van der Waals surface area contributed by atoms with Gasteiger partial charge in [0.15, 0.2) is 0 Å². The molecular weight excluding hydrogens is 324 g/mol. The van der Waals surface area contributed by atoms with Crippen LogP contribution in [0.1, 0.15) is 26.6 Å². The normalized spacial score (nSPS) is 17.7. The van der Waals surface area contributed by atoms with Crippen LogP contribution < -0.4 is 15.0 Å². The summed E-state index contributed by atoms with van der Waals surface area (Å²) in [6.45, 7) is 7.16. The van der Waals surface area contributed by atoms with Gasteiger partial charge >= 0.3 is 6.09 Å². The summed E-state index contributed by atoms with van der Waals surface area (Å²) in [6, 6.07) is 2.77. The van der Waals surface area contributed by atoms with Crippen molar-refractivity contribution in [3.8, 4) is 5.75 Å². The van der Waals surface area contributed by atoms with Crippen molar-refractivity contribution in [2.24, 2.45) is 0 Å². The van der Waals surface area contributed by atoms with E-state index in [1.54, 1.807) is 33.9 Å². The van der Waals surface area contributed by atoms with Crippen LogP contribution in [0.4, 0.5) is 10.5 Å². The number of nitrogens with one attached hydrogen (secondary N) is 2. The number of likely N-dealkylation sites (N-methyl/N-ethyl adjacent to an activating group) is 1. The molecule has 8 heteroatoms. The van der Waals surface area contributed by atoms with Crippen molar-refractivity contribution >= 4 is 28.7 Å². The number of aryl methyl sites for hydroxylation is 1. The van der Waals surface area contributed by atoms with Crippen LogP contribution in [0.25, 0.3) is 11.0 Å². The summed E-state index contributed by atoms with van der Waals surface area (Å²) in [5, 5.41) is 2.57. The molecule has 0 radical (unpaired) electrons. The summed E-state index contributed by atoms with van der Waals surface area (Å²) in [4.78, 5) is 33.7. The lowest BCUT2D eigenvalue weighted by Gasteiger charge is -2.23. The maximum Gasteiger partial charge on any atom is 0.408 e. The first-order valence-corrected chi connectivity index (χ1v) is 8.04. The molecule has 0 aliphatic carbocycles. The number of anilines is 1. The van der Waals surface area contributed by atoms with Gasteiger partial charge in [0.25, 0.3) is 5.91 Å². The number of nitrogens with zero attached hydrogens (tertiary/aromatic N) is 2. The number of hydrogen-bond acceptors (Lipinski definition) is 5. The Morgan fingerprint density at radius 2 is 2.16 bits per heavy atom. The van der Waals surface area contributed by atoms with E-state index in [1.165, 1.54) is 4.90 Å². The number of fused-ring (bicyclic) bond motifs is 2. The molecule has 2 heterocycles. The molecule has 0 saturated carbocycles. The smallest absolute Gasteiger partial charge is 0.408 e. The van der Waals surface area contributed by atoms with Gasteiger partial charge in [-0.15, -0.1) is 0 Å². The van der Waals surface area contributed by atoms with Crippen molar-refractivity contribution in [3.63, 3.8) is 0 Å². The predicted octanol–water partition coefficient (Wildman–Crippen LogP) is 2.12. The molecule has 1 aromatic heterocycles. The first-order chi connectivity index (χ1) is 11.6. The van der Waals surface area contributed by atoms with Crippen LogP contribution in [-0.4, -0.2) is 47.3 Å². The van der Waals surface area contributed by atoms with E-state index in [0.717, 1.165) is 16.9 Å². The number of imidazole rings is 1. The van der Waals surface area contributed by atoms with Crippen molar-refractivity contribution in [1.82, 2.24) is 15.3 Å². The van der Waals surface area contributed by atoms with E-state index in [4.69, 9.17) is 9.47 Å². The number of aromatic nitrogens is 2. The molecule has 2 N–H and O–H groups in total. The fourth-order valence-electron chi connectivity index (χ4n) is 2.68. The number of carbonyl (C=O) groups is 2. The SMILES string of the molecule is Cc1nc2cc3c(cc2[nH]1)N(C)C(=O)C(NC(=O)OC(C)(C)C)CO3. The average Bonchev–Trinajstić information content (AvgIpc) is 2.81. The van der Waals surface area contributed by atoms with Gasteiger partial charge in [0.2, 0.25) is 0 Å². The van der Waals surface area contributed by atoms with Gasteiger partial charge in [-0.3, -0.25) is 4.79 Å². The highest BCUT2D eigenvalue weighted by Gasteiger charge is 2.32. The number of benzene rings is 1. The standard InChI is InChI=1S/C17H22N4O4/c1-9-18-10-6-13-14(7-11(10)19-9)24-8-12(15(22)21(13)5)20-16(23)25-17(2,3)4/h6-7,12H,8H2,1-5H3,(H,18,19)(H,20,23). The van der Waals surface area contributed by atoms with Gasteiger partial charge in [-0.25, -0.2) is 9.78 Å². The first kappa shape index (κ1) is 17.1. The molecule has 0 saturated heterocycles. The van der Waals surface area contributed by atoms with Crippen molar-refractivity contribution in [2.75, 3.05) is 18.6 Å². The Labute approximate surface area is 145 Å². The third kappa shape index (κ3) is 3.52. The molecule has 0 spiro atoms. The molecule has 25 heavy (non-hydrogen) atoms. The Kier molecular flexibility index (Phi) is 4.06. The van der Waals surface area contributed by atoms with Crippen LogP contribution in [0.15, 0.2) is 12.1 Å². The van der Waals surface area contributed by atoms with Crippen molar-refractivity contribution in [2.45, 2.75) is 39.3 Å². The van der Waals surface area contributed by atoms with Crippen molar-refractivity contribution < 1.29 is 19.1 Å². The minimum atomic E-state index is -0.833. The minimum Gasteiger partial charge on any atom is -0.489 e. The third-order valence-corrected chi connectivity index (χ3v) is 3.77. The lowest BCUT2D eigenvalue weighted by molar-refractivity contribution is -0.120. The molecule has 1 unspecified atom stereocenters. The van der Waals surface area contributed by atoms with Crippen molar-refractivity contribution in [1.29, 1.82) is 0 Å². The van der Waals surface area contributed by atoms with Crippen LogP contribution in [0.2, 0.25) is 0 Å². The van der Waals surface area contributed by atoms with Gasteiger partial charge in [-0.1, -0.05) is 0 Å². The third-order valence-electron chi connectivity index (χ3n) is 3.77. The number of carbonyl (C=O) groups excluding carboxylic acids is 2. The fraction of sp³-hybridized carbons (Fsp3) is 0.471. The molecule has 134 valence electrons. The number of hydrogen-bond donors (Lipinski definition) is 2.